The highest BCUT2D eigenvalue weighted by molar-refractivity contribution is 9.10. The van der Waals surface area contributed by atoms with Crippen molar-refractivity contribution < 1.29 is 23.7 Å². The van der Waals surface area contributed by atoms with Crippen LogP contribution in [0.4, 0.5) is 0 Å². The molecule has 0 bridgehead atoms. The number of hydrogen-bond donors (Lipinski definition) is 0. The number of nitrogens with zero attached hydrogens (tertiary/aromatic N) is 2. The average Bonchev–Trinajstić information content (AvgIpc) is 2.74. The fourth-order valence-electron chi connectivity index (χ4n) is 2.76. The van der Waals surface area contributed by atoms with Gasteiger partial charge in [0.15, 0.2) is 11.5 Å². The van der Waals surface area contributed by atoms with E-state index >= 15 is 0 Å². The van der Waals surface area contributed by atoms with Crippen molar-refractivity contribution in [1.82, 2.24) is 9.97 Å². The zero-order chi connectivity index (χ0) is 19.5. The Bertz CT molecular complexity index is 990. The van der Waals surface area contributed by atoms with Crippen molar-refractivity contribution in [1.29, 1.82) is 0 Å². The van der Waals surface area contributed by atoms with Crippen LogP contribution in [0.2, 0.25) is 0 Å². The maximum atomic E-state index is 5.88. The lowest BCUT2D eigenvalue weighted by Gasteiger charge is -2.19. The molecule has 1 aliphatic rings. The second-order valence-electron chi connectivity index (χ2n) is 5.81. The van der Waals surface area contributed by atoms with Gasteiger partial charge in [-0.25, -0.2) is 0 Å². The number of aromatic nitrogens is 2. The molecule has 144 valence electrons. The van der Waals surface area contributed by atoms with Gasteiger partial charge in [0.05, 0.1) is 24.8 Å². The summed E-state index contributed by atoms with van der Waals surface area (Å²) in [7, 11) is 3.04. The molecule has 0 aliphatic carbocycles. The van der Waals surface area contributed by atoms with Gasteiger partial charge in [-0.05, 0) is 45.3 Å². The second-order valence-corrected chi connectivity index (χ2v) is 6.61. The molecule has 4 rings (SSSR count). The fraction of sp³-hybridized carbons (Fsp3) is 0.200. The van der Waals surface area contributed by atoms with E-state index in [-0.39, 0.29) is 6.01 Å². The summed E-state index contributed by atoms with van der Waals surface area (Å²) < 4.78 is 28.2. The van der Waals surface area contributed by atoms with Crippen LogP contribution >= 0.6 is 15.9 Å². The van der Waals surface area contributed by atoms with Crippen LogP contribution in [-0.4, -0.2) is 37.4 Å². The van der Waals surface area contributed by atoms with Crippen molar-refractivity contribution >= 4 is 15.9 Å². The number of halogens is 1. The molecule has 0 radical (unpaired) electrons. The minimum Gasteiger partial charge on any atom is -0.486 e. The van der Waals surface area contributed by atoms with Gasteiger partial charge in [-0.15, -0.1) is 0 Å². The first-order valence-corrected chi connectivity index (χ1v) is 9.30. The lowest BCUT2D eigenvalue weighted by atomic mass is 10.0. The molecule has 0 spiro atoms. The van der Waals surface area contributed by atoms with Gasteiger partial charge in [-0.1, -0.05) is 18.2 Å². The third-order valence-electron chi connectivity index (χ3n) is 4.09. The van der Waals surface area contributed by atoms with Gasteiger partial charge >= 0.3 is 6.01 Å². The first kappa shape index (κ1) is 18.4. The Labute approximate surface area is 170 Å². The number of benzene rings is 2. The molecule has 1 aromatic heterocycles. The third-order valence-corrected chi connectivity index (χ3v) is 4.91. The van der Waals surface area contributed by atoms with Gasteiger partial charge in [0.2, 0.25) is 11.8 Å². The summed E-state index contributed by atoms with van der Waals surface area (Å²) in [5.74, 6) is 2.72. The molecule has 0 saturated carbocycles. The fourth-order valence-corrected chi connectivity index (χ4v) is 3.33. The lowest BCUT2D eigenvalue weighted by molar-refractivity contribution is 0.171. The maximum Gasteiger partial charge on any atom is 0.328 e. The standard InChI is InChI=1S/C20H17BrN2O5/c1-24-17-11-18(25-2)23-20(22-17)28-15-5-3-4-13(19(15)21)12-6-7-14-16(10-12)27-9-8-26-14/h3-7,10-11H,8-9H2,1-2H3. The number of hydrogen-bond acceptors (Lipinski definition) is 7. The molecule has 2 heterocycles. The number of fused-ring (bicyclic) bond motifs is 1. The first-order valence-electron chi connectivity index (χ1n) is 8.51. The number of rotatable bonds is 5. The summed E-state index contributed by atoms with van der Waals surface area (Å²) in [6.45, 7) is 1.10. The minimum absolute atomic E-state index is 0.122. The van der Waals surface area contributed by atoms with Crippen molar-refractivity contribution in [2.45, 2.75) is 0 Å². The smallest absolute Gasteiger partial charge is 0.328 e. The molecule has 0 fully saturated rings. The molecule has 1 aliphatic heterocycles. The normalized spacial score (nSPS) is 12.4. The van der Waals surface area contributed by atoms with Gasteiger partial charge < -0.3 is 23.7 Å². The van der Waals surface area contributed by atoms with Gasteiger partial charge in [0, 0.05) is 0 Å². The van der Waals surface area contributed by atoms with Crippen molar-refractivity contribution in [2.24, 2.45) is 0 Å². The van der Waals surface area contributed by atoms with Crippen LogP contribution in [-0.2, 0) is 0 Å². The maximum absolute atomic E-state index is 5.88. The van der Waals surface area contributed by atoms with Crippen molar-refractivity contribution in [3.63, 3.8) is 0 Å². The van der Waals surface area contributed by atoms with E-state index in [1.807, 2.05) is 36.4 Å². The van der Waals surface area contributed by atoms with E-state index in [1.54, 1.807) is 6.07 Å². The number of methoxy groups -OCH3 is 2. The highest BCUT2D eigenvalue weighted by Gasteiger charge is 2.16. The Morgan fingerprint density at radius 2 is 1.61 bits per heavy atom. The molecule has 0 unspecified atom stereocenters. The van der Waals surface area contributed by atoms with Crippen LogP contribution in [0.1, 0.15) is 0 Å². The first-order chi connectivity index (χ1) is 13.7. The molecular weight excluding hydrogens is 428 g/mol. The molecule has 0 saturated heterocycles. The predicted octanol–water partition coefficient (Wildman–Crippen LogP) is 4.49. The largest absolute Gasteiger partial charge is 0.486 e. The van der Waals surface area contributed by atoms with E-state index in [0.29, 0.717) is 30.7 Å². The Kier molecular flexibility index (Phi) is 5.21. The summed E-state index contributed by atoms with van der Waals surface area (Å²) in [4.78, 5) is 8.41. The molecule has 7 nitrogen and oxygen atoms in total. The molecule has 3 aromatic rings. The van der Waals surface area contributed by atoms with E-state index in [1.165, 1.54) is 14.2 Å². The van der Waals surface area contributed by atoms with E-state index in [2.05, 4.69) is 25.9 Å². The zero-order valence-electron chi connectivity index (χ0n) is 15.3. The van der Waals surface area contributed by atoms with Crippen molar-refractivity contribution in [3.8, 4) is 46.1 Å². The Morgan fingerprint density at radius 3 is 2.32 bits per heavy atom. The van der Waals surface area contributed by atoms with Crippen molar-refractivity contribution in [3.05, 3.63) is 46.9 Å². The average molecular weight is 445 g/mol. The van der Waals surface area contributed by atoms with Crippen molar-refractivity contribution in [2.75, 3.05) is 27.4 Å². The van der Waals surface area contributed by atoms with Gasteiger partial charge in [-0.3, -0.25) is 0 Å². The van der Waals surface area contributed by atoms with E-state index < -0.39 is 0 Å². The summed E-state index contributed by atoms with van der Waals surface area (Å²) in [6.07, 6.45) is 0. The summed E-state index contributed by atoms with van der Waals surface area (Å²) in [6, 6.07) is 13.2. The molecule has 0 N–H and O–H groups in total. The highest BCUT2D eigenvalue weighted by Crippen LogP contribution is 2.41. The topological polar surface area (TPSA) is 71.9 Å². The molecule has 28 heavy (non-hydrogen) atoms. The predicted molar refractivity (Wildman–Crippen MR) is 106 cm³/mol. The minimum atomic E-state index is 0.122. The Balaban J connectivity index is 1.68. The van der Waals surface area contributed by atoms with Gasteiger partial charge in [-0.2, -0.15) is 9.97 Å². The van der Waals surface area contributed by atoms with Crippen LogP contribution in [0.25, 0.3) is 11.1 Å². The monoisotopic (exact) mass is 444 g/mol. The Morgan fingerprint density at radius 1 is 0.893 bits per heavy atom. The van der Waals surface area contributed by atoms with Crippen LogP contribution < -0.4 is 23.7 Å². The van der Waals surface area contributed by atoms with Crippen LogP contribution in [0.5, 0.6) is 35.0 Å². The SMILES string of the molecule is COc1cc(OC)nc(Oc2cccc(-c3ccc4c(c3)OCCO4)c2Br)n1. The molecule has 0 atom stereocenters. The van der Waals surface area contributed by atoms with Gasteiger partial charge in [0.1, 0.15) is 19.0 Å². The molecule has 0 amide bonds. The highest BCUT2D eigenvalue weighted by atomic mass is 79.9. The second kappa shape index (κ2) is 7.93. The van der Waals surface area contributed by atoms with E-state index in [9.17, 15) is 0 Å². The number of ether oxygens (including phenoxy) is 5. The molecular formula is C20H17BrN2O5. The van der Waals surface area contributed by atoms with E-state index in [4.69, 9.17) is 23.7 Å². The van der Waals surface area contributed by atoms with Crippen LogP contribution in [0, 0.1) is 0 Å². The molecule has 8 heteroatoms. The van der Waals surface area contributed by atoms with Crippen LogP contribution in [0.3, 0.4) is 0 Å². The zero-order valence-corrected chi connectivity index (χ0v) is 16.9. The molecule has 2 aromatic carbocycles. The summed E-state index contributed by atoms with van der Waals surface area (Å²) in [5, 5.41) is 0. The summed E-state index contributed by atoms with van der Waals surface area (Å²) in [5.41, 5.74) is 1.90. The lowest BCUT2D eigenvalue weighted by Crippen LogP contribution is -2.15. The van der Waals surface area contributed by atoms with E-state index in [0.717, 1.165) is 27.1 Å². The van der Waals surface area contributed by atoms with Gasteiger partial charge in [0.25, 0.3) is 0 Å². The Hall–Kier alpha value is -3.00. The third kappa shape index (κ3) is 3.68. The quantitative estimate of drug-likeness (QED) is 0.573. The van der Waals surface area contributed by atoms with Crippen LogP contribution in [0.15, 0.2) is 46.9 Å². The summed E-state index contributed by atoms with van der Waals surface area (Å²) >= 11 is 3.63.